The molecule has 0 radical (unpaired) electrons. The zero-order chi connectivity index (χ0) is 13.8. The van der Waals surface area contributed by atoms with Crippen molar-refractivity contribution in [2.45, 2.75) is 20.5 Å². The highest BCUT2D eigenvalue weighted by molar-refractivity contribution is 5.38. The summed E-state index contributed by atoms with van der Waals surface area (Å²) < 4.78 is 24.4. The molecule has 2 nitrogen and oxygen atoms in total. The van der Waals surface area contributed by atoms with Crippen molar-refractivity contribution in [3.63, 3.8) is 0 Å². The fraction of sp³-hybridized carbons (Fsp3) is 0.250. The molecule has 2 aromatic rings. The topological polar surface area (TPSA) is 18.5 Å². The van der Waals surface area contributed by atoms with E-state index in [9.17, 15) is 4.39 Å². The molecule has 0 aliphatic heterocycles. The molecule has 100 valence electrons. The van der Waals surface area contributed by atoms with Crippen LogP contribution in [0, 0.1) is 19.7 Å². The van der Waals surface area contributed by atoms with Gasteiger partial charge in [0.15, 0.2) is 0 Å². The Balaban J connectivity index is 2.12. The maximum atomic E-state index is 13.8. The Morgan fingerprint density at radius 3 is 2.58 bits per heavy atom. The number of hydrogen-bond acceptors (Lipinski definition) is 2. The third-order valence-corrected chi connectivity index (χ3v) is 3.20. The van der Waals surface area contributed by atoms with Gasteiger partial charge in [0.25, 0.3) is 0 Å². The molecule has 3 heteroatoms. The molecular weight excluding hydrogens is 243 g/mol. The van der Waals surface area contributed by atoms with E-state index in [1.807, 2.05) is 32.0 Å². The predicted molar refractivity (Wildman–Crippen MR) is 73.2 cm³/mol. The zero-order valence-corrected chi connectivity index (χ0v) is 11.4. The molecule has 2 aromatic carbocycles. The maximum Gasteiger partial charge on any atom is 0.133 e. The van der Waals surface area contributed by atoms with Crippen molar-refractivity contribution in [3.8, 4) is 11.5 Å². The second-order valence-corrected chi connectivity index (χ2v) is 4.44. The number of aryl methyl sites for hydroxylation is 1. The molecule has 0 fully saturated rings. The van der Waals surface area contributed by atoms with Gasteiger partial charge in [0.2, 0.25) is 0 Å². The van der Waals surface area contributed by atoms with Gasteiger partial charge in [0.1, 0.15) is 23.9 Å². The second-order valence-electron chi connectivity index (χ2n) is 4.44. The van der Waals surface area contributed by atoms with Crippen LogP contribution in [0.5, 0.6) is 11.5 Å². The van der Waals surface area contributed by atoms with E-state index >= 15 is 0 Å². The van der Waals surface area contributed by atoms with Crippen molar-refractivity contribution in [2.24, 2.45) is 0 Å². The van der Waals surface area contributed by atoms with Gasteiger partial charge in [-0.3, -0.25) is 0 Å². The van der Waals surface area contributed by atoms with Crippen LogP contribution >= 0.6 is 0 Å². The molecule has 0 aliphatic carbocycles. The Kier molecular flexibility index (Phi) is 4.05. The smallest absolute Gasteiger partial charge is 0.133 e. The Morgan fingerprint density at radius 1 is 1.11 bits per heavy atom. The van der Waals surface area contributed by atoms with E-state index in [-0.39, 0.29) is 12.4 Å². The maximum absolute atomic E-state index is 13.8. The van der Waals surface area contributed by atoms with Crippen LogP contribution in [0.2, 0.25) is 0 Å². The van der Waals surface area contributed by atoms with Gasteiger partial charge in [-0.2, -0.15) is 0 Å². The minimum atomic E-state index is -0.315. The van der Waals surface area contributed by atoms with Gasteiger partial charge < -0.3 is 9.47 Å². The van der Waals surface area contributed by atoms with Crippen molar-refractivity contribution < 1.29 is 13.9 Å². The van der Waals surface area contributed by atoms with E-state index in [1.54, 1.807) is 12.1 Å². The van der Waals surface area contributed by atoms with Gasteiger partial charge >= 0.3 is 0 Å². The molecule has 19 heavy (non-hydrogen) atoms. The third kappa shape index (κ3) is 3.05. The zero-order valence-electron chi connectivity index (χ0n) is 11.4. The normalized spacial score (nSPS) is 10.3. The Labute approximate surface area is 112 Å². The molecule has 0 bridgehead atoms. The highest BCUT2D eigenvalue weighted by Gasteiger charge is 2.07. The van der Waals surface area contributed by atoms with E-state index in [2.05, 4.69) is 0 Å². The van der Waals surface area contributed by atoms with Gasteiger partial charge in [-0.25, -0.2) is 4.39 Å². The first-order valence-corrected chi connectivity index (χ1v) is 6.13. The Morgan fingerprint density at radius 2 is 1.89 bits per heavy atom. The largest absolute Gasteiger partial charge is 0.497 e. The first kappa shape index (κ1) is 13.4. The lowest BCUT2D eigenvalue weighted by Gasteiger charge is -2.11. The van der Waals surface area contributed by atoms with Gasteiger partial charge in [-0.05, 0) is 43.2 Å². The average molecular weight is 260 g/mol. The fourth-order valence-electron chi connectivity index (χ4n) is 1.81. The van der Waals surface area contributed by atoms with E-state index < -0.39 is 0 Å². The van der Waals surface area contributed by atoms with Crippen LogP contribution in [-0.4, -0.2) is 7.11 Å². The van der Waals surface area contributed by atoms with Crippen LogP contribution in [0.25, 0.3) is 0 Å². The first-order valence-electron chi connectivity index (χ1n) is 6.13. The summed E-state index contributed by atoms with van der Waals surface area (Å²) in [5.74, 6) is 0.980. The number of ether oxygens (including phenoxy) is 2. The molecule has 0 aliphatic rings. The molecule has 0 unspecified atom stereocenters. The standard InChI is InChI=1S/C16H17FO2/c1-11-5-4-6-16(12(11)2)19-10-13-7-8-14(18-3)9-15(13)17/h4-9H,10H2,1-3H3. The monoisotopic (exact) mass is 260 g/mol. The minimum absolute atomic E-state index is 0.208. The van der Waals surface area contributed by atoms with E-state index in [0.717, 1.165) is 16.9 Å². The lowest BCUT2D eigenvalue weighted by Crippen LogP contribution is -2.00. The highest BCUT2D eigenvalue weighted by atomic mass is 19.1. The lowest BCUT2D eigenvalue weighted by molar-refractivity contribution is 0.297. The average Bonchev–Trinajstić information content (AvgIpc) is 2.41. The Bertz CT molecular complexity index is 579. The van der Waals surface area contributed by atoms with Gasteiger partial charge in [-0.1, -0.05) is 12.1 Å². The number of halogens is 1. The lowest BCUT2D eigenvalue weighted by atomic mass is 10.1. The molecule has 0 heterocycles. The van der Waals surface area contributed by atoms with Crippen molar-refractivity contribution >= 4 is 0 Å². The van der Waals surface area contributed by atoms with Crippen LogP contribution in [0.1, 0.15) is 16.7 Å². The second kappa shape index (κ2) is 5.74. The van der Waals surface area contributed by atoms with Crippen molar-refractivity contribution in [1.82, 2.24) is 0 Å². The van der Waals surface area contributed by atoms with E-state index in [0.29, 0.717) is 11.3 Å². The SMILES string of the molecule is COc1ccc(COc2cccc(C)c2C)c(F)c1. The summed E-state index contributed by atoms with van der Waals surface area (Å²) in [4.78, 5) is 0. The minimum Gasteiger partial charge on any atom is -0.497 e. The summed E-state index contributed by atoms with van der Waals surface area (Å²) in [6.07, 6.45) is 0. The number of rotatable bonds is 4. The van der Waals surface area contributed by atoms with Crippen LogP contribution in [0.3, 0.4) is 0 Å². The summed E-state index contributed by atoms with van der Waals surface area (Å²) in [5.41, 5.74) is 2.76. The highest BCUT2D eigenvalue weighted by Crippen LogP contribution is 2.23. The summed E-state index contributed by atoms with van der Waals surface area (Å²) in [6, 6.07) is 10.6. The number of benzene rings is 2. The molecule has 0 saturated carbocycles. The van der Waals surface area contributed by atoms with Gasteiger partial charge in [0, 0.05) is 11.6 Å². The summed E-state index contributed by atoms with van der Waals surface area (Å²) >= 11 is 0. The van der Waals surface area contributed by atoms with Crippen LogP contribution < -0.4 is 9.47 Å². The summed E-state index contributed by atoms with van der Waals surface area (Å²) in [7, 11) is 1.51. The third-order valence-electron chi connectivity index (χ3n) is 3.20. The summed E-state index contributed by atoms with van der Waals surface area (Å²) in [5, 5.41) is 0. The van der Waals surface area contributed by atoms with Crippen LogP contribution in [-0.2, 0) is 6.61 Å². The predicted octanol–water partition coefficient (Wildman–Crippen LogP) is 4.03. The van der Waals surface area contributed by atoms with Crippen molar-refractivity contribution in [2.75, 3.05) is 7.11 Å². The molecule has 0 amide bonds. The van der Waals surface area contributed by atoms with Crippen molar-refractivity contribution in [3.05, 3.63) is 58.9 Å². The van der Waals surface area contributed by atoms with E-state index in [1.165, 1.54) is 13.2 Å². The molecule has 0 atom stereocenters. The molecular formula is C16H17FO2. The van der Waals surface area contributed by atoms with E-state index in [4.69, 9.17) is 9.47 Å². The molecule has 0 spiro atoms. The molecule has 2 rings (SSSR count). The quantitative estimate of drug-likeness (QED) is 0.826. The Hall–Kier alpha value is -2.03. The van der Waals surface area contributed by atoms with Crippen LogP contribution in [0.4, 0.5) is 4.39 Å². The number of methoxy groups -OCH3 is 1. The van der Waals surface area contributed by atoms with Crippen LogP contribution in [0.15, 0.2) is 36.4 Å². The van der Waals surface area contributed by atoms with Gasteiger partial charge in [-0.15, -0.1) is 0 Å². The fourth-order valence-corrected chi connectivity index (χ4v) is 1.81. The first-order chi connectivity index (χ1) is 9.11. The molecule has 0 aromatic heterocycles. The summed E-state index contributed by atoms with van der Waals surface area (Å²) in [6.45, 7) is 4.23. The molecule has 0 saturated heterocycles. The van der Waals surface area contributed by atoms with Crippen molar-refractivity contribution in [1.29, 1.82) is 0 Å². The molecule has 0 N–H and O–H groups in total. The van der Waals surface area contributed by atoms with Gasteiger partial charge in [0.05, 0.1) is 7.11 Å². The number of hydrogen-bond donors (Lipinski definition) is 0.